The molecule has 0 radical (unpaired) electrons. The maximum absolute atomic E-state index is 4.03. The lowest BCUT2D eigenvalue weighted by atomic mass is 9.58. The second kappa shape index (κ2) is 8.34. The van der Waals surface area contributed by atoms with Crippen molar-refractivity contribution in [2.24, 2.45) is 16.7 Å². The molecule has 23 heavy (non-hydrogen) atoms. The SMILES string of the molecule is C=C/C=C(\C=C)C1(C)CCCC(C)(C(/C=C\C(C)C=C)=C/C)C1. The first-order valence-corrected chi connectivity index (χ1v) is 8.78. The predicted octanol–water partition coefficient (Wildman–Crippen LogP) is 7.20. The molecule has 0 amide bonds. The first kappa shape index (κ1) is 19.5. The summed E-state index contributed by atoms with van der Waals surface area (Å²) >= 11 is 0. The number of hydrogen-bond donors (Lipinski definition) is 0. The summed E-state index contributed by atoms with van der Waals surface area (Å²) in [5.74, 6) is 0.410. The Hall–Kier alpha value is -1.56. The quantitative estimate of drug-likeness (QED) is 0.344. The van der Waals surface area contributed by atoms with Gasteiger partial charge in [0.1, 0.15) is 0 Å². The van der Waals surface area contributed by atoms with Gasteiger partial charge >= 0.3 is 0 Å². The molecule has 0 saturated heterocycles. The molecular formula is C23H34. The van der Waals surface area contributed by atoms with Gasteiger partial charge in [-0.15, -0.1) is 6.58 Å². The van der Waals surface area contributed by atoms with Crippen LogP contribution in [0.3, 0.4) is 0 Å². The van der Waals surface area contributed by atoms with Crippen molar-refractivity contribution in [1.82, 2.24) is 0 Å². The van der Waals surface area contributed by atoms with Gasteiger partial charge in [-0.05, 0) is 54.1 Å². The van der Waals surface area contributed by atoms with E-state index < -0.39 is 0 Å². The summed E-state index contributed by atoms with van der Waals surface area (Å²) in [5, 5.41) is 0. The number of rotatable bonds is 7. The van der Waals surface area contributed by atoms with Gasteiger partial charge in [-0.25, -0.2) is 0 Å². The summed E-state index contributed by atoms with van der Waals surface area (Å²) in [4.78, 5) is 0. The normalized spacial score (nSPS) is 31.0. The Bertz CT molecular complexity index is 528. The zero-order valence-corrected chi connectivity index (χ0v) is 15.6. The van der Waals surface area contributed by atoms with E-state index in [9.17, 15) is 0 Å². The van der Waals surface area contributed by atoms with Crippen LogP contribution in [-0.2, 0) is 0 Å². The van der Waals surface area contributed by atoms with Crippen molar-refractivity contribution in [2.75, 3.05) is 0 Å². The second-order valence-electron chi connectivity index (χ2n) is 7.41. The van der Waals surface area contributed by atoms with Crippen LogP contribution in [0.4, 0.5) is 0 Å². The minimum atomic E-state index is 0.176. The third-order valence-corrected chi connectivity index (χ3v) is 5.41. The highest BCUT2D eigenvalue weighted by molar-refractivity contribution is 5.33. The monoisotopic (exact) mass is 310 g/mol. The number of hydrogen-bond acceptors (Lipinski definition) is 0. The molecule has 1 rings (SSSR count). The Morgan fingerprint density at radius 1 is 1.04 bits per heavy atom. The lowest BCUT2D eigenvalue weighted by molar-refractivity contribution is 0.150. The Kier molecular flexibility index (Phi) is 7.06. The van der Waals surface area contributed by atoms with E-state index in [4.69, 9.17) is 0 Å². The van der Waals surface area contributed by atoms with E-state index in [1.807, 2.05) is 18.2 Å². The molecule has 0 heteroatoms. The molecule has 0 aromatic heterocycles. The maximum atomic E-state index is 4.03. The van der Waals surface area contributed by atoms with Crippen molar-refractivity contribution in [3.63, 3.8) is 0 Å². The molecule has 0 aliphatic heterocycles. The highest BCUT2D eigenvalue weighted by Gasteiger charge is 2.41. The van der Waals surface area contributed by atoms with Crippen LogP contribution in [0, 0.1) is 16.7 Å². The van der Waals surface area contributed by atoms with Crippen molar-refractivity contribution in [3.05, 3.63) is 73.4 Å². The summed E-state index contributed by atoms with van der Waals surface area (Å²) in [7, 11) is 0. The van der Waals surface area contributed by atoms with Crippen LogP contribution in [0.15, 0.2) is 73.4 Å². The molecule has 0 N–H and O–H groups in total. The summed E-state index contributed by atoms with van der Waals surface area (Å²) in [5.41, 5.74) is 3.15. The van der Waals surface area contributed by atoms with Gasteiger partial charge in [0.05, 0.1) is 0 Å². The van der Waals surface area contributed by atoms with Crippen LogP contribution in [0.1, 0.15) is 53.4 Å². The van der Waals surface area contributed by atoms with Gasteiger partial charge < -0.3 is 0 Å². The zero-order chi connectivity index (χ0) is 17.5. The minimum absolute atomic E-state index is 0.176. The minimum Gasteiger partial charge on any atom is -0.102 e. The smallest absolute Gasteiger partial charge is 0.00671 e. The number of allylic oxidation sites excluding steroid dienone is 9. The van der Waals surface area contributed by atoms with Gasteiger partial charge in [-0.1, -0.05) is 82.9 Å². The molecule has 0 aromatic rings. The molecule has 1 saturated carbocycles. The Balaban J connectivity index is 3.12. The van der Waals surface area contributed by atoms with Crippen molar-refractivity contribution < 1.29 is 0 Å². The van der Waals surface area contributed by atoms with Crippen LogP contribution in [0.25, 0.3) is 0 Å². The lowest BCUT2D eigenvalue weighted by Crippen LogP contribution is -2.34. The molecule has 126 valence electrons. The molecule has 3 unspecified atom stereocenters. The predicted molar refractivity (Wildman–Crippen MR) is 105 cm³/mol. The fourth-order valence-corrected chi connectivity index (χ4v) is 4.02. The van der Waals surface area contributed by atoms with Crippen molar-refractivity contribution >= 4 is 0 Å². The summed E-state index contributed by atoms with van der Waals surface area (Å²) in [6.45, 7) is 20.9. The maximum Gasteiger partial charge on any atom is -0.00671 e. The molecule has 0 nitrogen and oxygen atoms in total. The molecule has 0 spiro atoms. The van der Waals surface area contributed by atoms with Crippen LogP contribution in [-0.4, -0.2) is 0 Å². The molecule has 1 fully saturated rings. The average molecular weight is 311 g/mol. The molecule has 0 heterocycles. The summed E-state index contributed by atoms with van der Waals surface area (Å²) < 4.78 is 0. The molecule has 1 aliphatic rings. The van der Waals surface area contributed by atoms with Crippen LogP contribution >= 0.6 is 0 Å². The molecule has 3 atom stereocenters. The van der Waals surface area contributed by atoms with E-state index in [-0.39, 0.29) is 10.8 Å². The van der Waals surface area contributed by atoms with E-state index in [0.717, 1.165) is 6.42 Å². The molecule has 0 aromatic carbocycles. The average Bonchev–Trinajstić information content (AvgIpc) is 2.52. The van der Waals surface area contributed by atoms with Crippen LogP contribution in [0.5, 0.6) is 0 Å². The van der Waals surface area contributed by atoms with Crippen LogP contribution < -0.4 is 0 Å². The topological polar surface area (TPSA) is 0 Å². The van der Waals surface area contributed by atoms with E-state index >= 15 is 0 Å². The van der Waals surface area contributed by atoms with E-state index in [1.54, 1.807) is 0 Å². The van der Waals surface area contributed by atoms with Crippen molar-refractivity contribution in [3.8, 4) is 0 Å². The third-order valence-electron chi connectivity index (χ3n) is 5.41. The van der Waals surface area contributed by atoms with E-state index in [0.29, 0.717) is 5.92 Å². The van der Waals surface area contributed by atoms with Gasteiger partial charge in [-0.3, -0.25) is 0 Å². The largest absolute Gasteiger partial charge is 0.102 e. The zero-order valence-electron chi connectivity index (χ0n) is 15.6. The van der Waals surface area contributed by atoms with E-state index in [1.165, 1.54) is 30.4 Å². The first-order chi connectivity index (χ1) is 10.8. The summed E-state index contributed by atoms with van der Waals surface area (Å²) in [6.07, 6.45) is 19.7. The fraction of sp³-hybridized carbons (Fsp3) is 0.478. The Labute approximate surface area is 144 Å². The fourth-order valence-electron chi connectivity index (χ4n) is 4.02. The van der Waals surface area contributed by atoms with Gasteiger partial charge in [0.15, 0.2) is 0 Å². The standard InChI is InChI=1S/C23H34/c1-8-13-20(10-3)22(6)16-12-17-23(7,18-22)21(11-4)15-14-19(5)9-2/h8-11,13-15,19H,1-3,12,16-18H2,4-7H3/b15-14-,20-13+,21-11+. The van der Waals surface area contributed by atoms with Gasteiger partial charge in [0.2, 0.25) is 0 Å². The second-order valence-corrected chi connectivity index (χ2v) is 7.41. The third kappa shape index (κ3) is 4.70. The summed E-state index contributed by atoms with van der Waals surface area (Å²) in [6, 6.07) is 0. The molecular weight excluding hydrogens is 276 g/mol. The molecule has 0 bridgehead atoms. The van der Waals surface area contributed by atoms with Crippen LogP contribution in [0.2, 0.25) is 0 Å². The van der Waals surface area contributed by atoms with Gasteiger partial charge in [0.25, 0.3) is 0 Å². The Morgan fingerprint density at radius 2 is 1.65 bits per heavy atom. The highest BCUT2D eigenvalue weighted by Crippen LogP contribution is 2.53. The lowest BCUT2D eigenvalue weighted by Gasteiger charge is -2.46. The molecule has 1 aliphatic carbocycles. The van der Waals surface area contributed by atoms with Gasteiger partial charge in [0, 0.05) is 0 Å². The van der Waals surface area contributed by atoms with Gasteiger partial charge in [-0.2, -0.15) is 0 Å². The highest BCUT2D eigenvalue weighted by atomic mass is 14.5. The Morgan fingerprint density at radius 3 is 2.13 bits per heavy atom. The van der Waals surface area contributed by atoms with Crippen molar-refractivity contribution in [2.45, 2.75) is 53.4 Å². The van der Waals surface area contributed by atoms with Crippen molar-refractivity contribution in [1.29, 1.82) is 0 Å². The first-order valence-electron chi connectivity index (χ1n) is 8.78. The van der Waals surface area contributed by atoms with E-state index in [2.05, 4.69) is 71.7 Å².